The fraction of sp³-hybridized carbons (Fsp3) is 0.174. The SMILES string of the molecule is CCCCOc1ccc(S(=O)(=O)Nc2ccc(Oc3ccc(-n4cccn4)nn3)cc2)cc1. The van der Waals surface area contributed by atoms with Crippen molar-refractivity contribution >= 4 is 15.7 Å². The van der Waals surface area contributed by atoms with Gasteiger partial charge < -0.3 is 9.47 Å². The third-order valence-corrected chi connectivity index (χ3v) is 5.99. The van der Waals surface area contributed by atoms with Crippen LogP contribution in [-0.2, 0) is 10.0 Å². The highest BCUT2D eigenvalue weighted by Gasteiger charge is 2.14. The van der Waals surface area contributed by atoms with E-state index in [4.69, 9.17) is 9.47 Å². The minimum absolute atomic E-state index is 0.151. The van der Waals surface area contributed by atoms with Crippen LogP contribution in [0.25, 0.3) is 5.82 Å². The van der Waals surface area contributed by atoms with Gasteiger partial charge >= 0.3 is 0 Å². The first kappa shape index (κ1) is 22.3. The lowest BCUT2D eigenvalue weighted by atomic mass is 10.3. The van der Waals surface area contributed by atoms with Crippen LogP contribution in [0.4, 0.5) is 5.69 Å². The van der Waals surface area contributed by atoms with Crippen LogP contribution in [0.15, 0.2) is 84.0 Å². The molecule has 170 valence electrons. The molecule has 2 aromatic carbocycles. The molecule has 0 fully saturated rings. The number of aromatic nitrogens is 4. The molecule has 10 heteroatoms. The molecular weight excluding hydrogens is 442 g/mol. The molecule has 0 amide bonds. The largest absolute Gasteiger partial charge is 0.494 e. The second-order valence-corrected chi connectivity index (χ2v) is 8.77. The number of unbranched alkanes of at least 4 members (excludes halogenated alkanes) is 1. The predicted molar refractivity (Wildman–Crippen MR) is 123 cm³/mol. The lowest BCUT2D eigenvalue weighted by molar-refractivity contribution is 0.309. The van der Waals surface area contributed by atoms with E-state index in [-0.39, 0.29) is 4.90 Å². The second-order valence-electron chi connectivity index (χ2n) is 7.09. The summed E-state index contributed by atoms with van der Waals surface area (Å²) in [6.45, 7) is 2.69. The molecule has 0 unspecified atom stereocenters. The van der Waals surface area contributed by atoms with Gasteiger partial charge in [-0.3, -0.25) is 4.72 Å². The highest BCUT2D eigenvalue weighted by Crippen LogP contribution is 2.24. The number of benzene rings is 2. The molecule has 0 saturated carbocycles. The molecular formula is C23H23N5O4S. The lowest BCUT2D eigenvalue weighted by Crippen LogP contribution is -2.12. The average Bonchev–Trinajstić information content (AvgIpc) is 3.36. The molecule has 2 heterocycles. The molecule has 33 heavy (non-hydrogen) atoms. The lowest BCUT2D eigenvalue weighted by Gasteiger charge is -2.10. The normalized spacial score (nSPS) is 11.2. The van der Waals surface area contributed by atoms with Crippen LogP contribution in [0.2, 0.25) is 0 Å². The number of nitrogens with zero attached hydrogens (tertiary/aromatic N) is 4. The van der Waals surface area contributed by atoms with Crippen LogP contribution in [0.1, 0.15) is 19.8 Å². The Bertz CT molecular complexity index is 1260. The van der Waals surface area contributed by atoms with Crippen molar-refractivity contribution in [1.29, 1.82) is 0 Å². The highest BCUT2D eigenvalue weighted by molar-refractivity contribution is 7.92. The van der Waals surface area contributed by atoms with Crippen LogP contribution in [0, 0.1) is 0 Å². The standard InChI is InChI=1S/C23H23N5O4S/c1-2-3-17-31-19-9-11-21(12-10-19)33(29,30)27-18-5-7-20(8-6-18)32-23-14-13-22(25-26-23)28-16-4-15-24-28/h4-16,27H,2-3,17H2,1H3. The molecule has 4 rings (SSSR count). The molecule has 0 aliphatic rings. The Morgan fingerprint density at radius 3 is 2.33 bits per heavy atom. The van der Waals surface area contributed by atoms with Crippen molar-refractivity contribution in [3.63, 3.8) is 0 Å². The van der Waals surface area contributed by atoms with Gasteiger partial charge in [-0.2, -0.15) is 5.10 Å². The summed E-state index contributed by atoms with van der Waals surface area (Å²) in [6, 6.07) is 18.1. The predicted octanol–water partition coefficient (Wildman–Crippen LogP) is 4.43. The number of rotatable bonds is 10. The number of hydrogen-bond acceptors (Lipinski definition) is 7. The van der Waals surface area contributed by atoms with E-state index in [2.05, 4.69) is 26.9 Å². The van der Waals surface area contributed by atoms with Gasteiger partial charge in [0.25, 0.3) is 10.0 Å². The van der Waals surface area contributed by atoms with Crippen molar-refractivity contribution in [3.8, 4) is 23.2 Å². The molecule has 1 N–H and O–H groups in total. The van der Waals surface area contributed by atoms with Crippen molar-refractivity contribution in [1.82, 2.24) is 20.0 Å². The van der Waals surface area contributed by atoms with Gasteiger partial charge in [-0.25, -0.2) is 13.1 Å². The van der Waals surface area contributed by atoms with E-state index in [9.17, 15) is 8.42 Å². The molecule has 2 aromatic heterocycles. The van der Waals surface area contributed by atoms with Crippen molar-refractivity contribution in [2.24, 2.45) is 0 Å². The first-order valence-corrected chi connectivity index (χ1v) is 11.9. The van der Waals surface area contributed by atoms with E-state index in [1.54, 1.807) is 71.7 Å². The van der Waals surface area contributed by atoms with Crippen molar-refractivity contribution in [2.45, 2.75) is 24.7 Å². The Labute approximate surface area is 192 Å². The number of sulfonamides is 1. The van der Waals surface area contributed by atoms with Gasteiger partial charge in [0.1, 0.15) is 11.5 Å². The topological polar surface area (TPSA) is 108 Å². The molecule has 4 aromatic rings. The zero-order valence-electron chi connectivity index (χ0n) is 18.0. The molecule has 0 saturated heterocycles. The fourth-order valence-electron chi connectivity index (χ4n) is 2.87. The Balaban J connectivity index is 1.36. The van der Waals surface area contributed by atoms with Crippen LogP contribution in [0.3, 0.4) is 0 Å². The second kappa shape index (κ2) is 10.1. The maximum atomic E-state index is 12.7. The summed E-state index contributed by atoms with van der Waals surface area (Å²) in [4.78, 5) is 0.151. The Hall–Kier alpha value is -3.92. The maximum Gasteiger partial charge on any atom is 0.261 e. The first-order chi connectivity index (χ1) is 16.0. The highest BCUT2D eigenvalue weighted by atomic mass is 32.2. The van der Waals surface area contributed by atoms with Gasteiger partial charge in [-0.05, 0) is 67.1 Å². The van der Waals surface area contributed by atoms with Gasteiger partial charge in [0.15, 0.2) is 5.82 Å². The summed E-state index contributed by atoms with van der Waals surface area (Å²) in [5, 5.41) is 12.2. The molecule has 0 bridgehead atoms. The molecule has 0 spiro atoms. The summed E-state index contributed by atoms with van der Waals surface area (Å²) < 4.78 is 40.7. The fourth-order valence-corrected chi connectivity index (χ4v) is 3.93. The summed E-state index contributed by atoms with van der Waals surface area (Å²) >= 11 is 0. The van der Waals surface area contributed by atoms with Gasteiger partial charge in [0.05, 0.1) is 11.5 Å². The Morgan fingerprint density at radius 2 is 1.70 bits per heavy atom. The number of ether oxygens (including phenoxy) is 2. The molecule has 0 radical (unpaired) electrons. The number of hydrogen-bond donors (Lipinski definition) is 1. The van der Waals surface area contributed by atoms with Crippen molar-refractivity contribution in [2.75, 3.05) is 11.3 Å². The van der Waals surface area contributed by atoms with E-state index in [1.165, 1.54) is 12.1 Å². The van der Waals surface area contributed by atoms with E-state index in [0.717, 1.165) is 12.8 Å². The number of nitrogens with one attached hydrogen (secondary N) is 1. The van der Waals surface area contributed by atoms with E-state index in [1.807, 2.05) is 0 Å². The van der Waals surface area contributed by atoms with Crippen molar-refractivity contribution < 1.29 is 17.9 Å². The van der Waals surface area contributed by atoms with Crippen LogP contribution in [0.5, 0.6) is 17.4 Å². The van der Waals surface area contributed by atoms with Crippen molar-refractivity contribution in [3.05, 3.63) is 79.1 Å². The number of anilines is 1. The first-order valence-electron chi connectivity index (χ1n) is 10.4. The quantitative estimate of drug-likeness (QED) is 0.345. The third-order valence-electron chi connectivity index (χ3n) is 4.59. The summed E-state index contributed by atoms with van der Waals surface area (Å²) in [6.07, 6.45) is 5.40. The average molecular weight is 466 g/mol. The van der Waals surface area contributed by atoms with E-state index >= 15 is 0 Å². The zero-order chi connectivity index (χ0) is 23.1. The molecule has 0 atom stereocenters. The molecule has 0 aliphatic heterocycles. The van der Waals surface area contributed by atoms with E-state index < -0.39 is 10.0 Å². The van der Waals surface area contributed by atoms with Gasteiger partial charge in [0.2, 0.25) is 5.88 Å². The minimum Gasteiger partial charge on any atom is -0.494 e. The molecule has 0 aliphatic carbocycles. The van der Waals surface area contributed by atoms with Gasteiger partial charge in [0, 0.05) is 24.1 Å². The monoisotopic (exact) mass is 465 g/mol. The van der Waals surface area contributed by atoms with Gasteiger partial charge in [-0.15, -0.1) is 10.2 Å². The smallest absolute Gasteiger partial charge is 0.261 e. The zero-order valence-corrected chi connectivity index (χ0v) is 18.8. The van der Waals surface area contributed by atoms with Crippen LogP contribution in [-0.4, -0.2) is 35.0 Å². The maximum absolute atomic E-state index is 12.7. The summed E-state index contributed by atoms with van der Waals surface area (Å²) in [5.74, 6) is 2.01. The van der Waals surface area contributed by atoms with E-state index in [0.29, 0.717) is 35.5 Å². The van der Waals surface area contributed by atoms with Gasteiger partial charge in [-0.1, -0.05) is 13.3 Å². The van der Waals surface area contributed by atoms with Crippen LogP contribution < -0.4 is 14.2 Å². The third kappa shape index (κ3) is 5.86. The minimum atomic E-state index is -3.73. The van der Waals surface area contributed by atoms with Crippen LogP contribution >= 0.6 is 0 Å². The Kier molecular flexibility index (Phi) is 6.84. The summed E-state index contributed by atoms with van der Waals surface area (Å²) in [7, 11) is -3.73. The summed E-state index contributed by atoms with van der Waals surface area (Å²) in [5.41, 5.74) is 0.408. The molecule has 9 nitrogen and oxygen atoms in total. The Morgan fingerprint density at radius 1 is 0.939 bits per heavy atom.